The first-order valence-corrected chi connectivity index (χ1v) is 4.71. The third-order valence-electron chi connectivity index (χ3n) is 1.15. The predicted molar refractivity (Wildman–Crippen MR) is 39.5 cm³/mol. The molecular weight excluding hydrogens is 170 g/mol. The van der Waals surface area contributed by atoms with E-state index in [4.69, 9.17) is 0 Å². The Morgan fingerprint density at radius 3 is 2.27 bits per heavy atom. The summed E-state index contributed by atoms with van der Waals surface area (Å²) in [5.74, 6) is -0.571. The summed E-state index contributed by atoms with van der Waals surface area (Å²) in [7, 11) is -0.757. The maximum atomic E-state index is 10.7. The van der Waals surface area contributed by atoms with Gasteiger partial charge in [0.15, 0.2) is 0 Å². The summed E-state index contributed by atoms with van der Waals surface area (Å²) in [6, 6.07) is 0. The van der Waals surface area contributed by atoms with Crippen LogP contribution >= 0.6 is 0 Å². The Kier molecular flexibility index (Phi) is 3.47. The van der Waals surface area contributed by atoms with Crippen LogP contribution < -0.4 is 0 Å². The fraction of sp³-hybridized carbons (Fsp3) is 0.800. The van der Waals surface area contributed by atoms with Gasteiger partial charge in [0.05, 0.1) is 13.4 Å². The lowest BCUT2D eigenvalue weighted by molar-refractivity contribution is -0.140. The average Bonchev–Trinajstić information content (AvgIpc) is 1.85. The van der Waals surface area contributed by atoms with Gasteiger partial charge in [0.25, 0.3) is 0 Å². The number of likely N-dealkylation sites (N-methyl/N-ethyl adjacent to an activating group) is 1. The van der Waals surface area contributed by atoms with E-state index in [1.807, 2.05) is 0 Å². The third kappa shape index (κ3) is 3.94. The molecule has 11 heavy (non-hydrogen) atoms. The summed E-state index contributed by atoms with van der Waals surface area (Å²) in [4.78, 5) is 10.5. The van der Waals surface area contributed by atoms with Gasteiger partial charge in [0, 0.05) is 7.05 Å². The fourth-order valence-corrected chi connectivity index (χ4v) is 0.704. The quantitative estimate of drug-likeness (QED) is 0.527. The second-order valence-electron chi connectivity index (χ2n) is 2.10. The second-order valence-corrected chi connectivity index (χ2v) is 4.18. The summed E-state index contributed by atoms with van der Waals surface area (Å²) >= 11 is 0. The normalized spacial score (nSPS) is 11.6. The predicted octanol–water partition coefficient (Wildman–Crippen LogP) is -0.949. The largest absolute Gasteiger partial charge is 0.468 e. The number of carbonyl (C=O) groups excluding carboxylic acids is 1. The Balaban J connectivity index is 4.10. The van der Waals surface area contributed by atoms with Crippen molar-refractivity contribution in [3.8, 4) is 0 Å². The van der Waals surface area contributed by atoms with E-state index in [0.717, 1.165) is 10.6 Å². The van der Waals surface area contributed by atoms with Crippen LogP contribution in [-0.4, -0.2) is 45.7 Å². The molecule has 0 spiro atoms. The molecule has 0 fully saturated rings. The summed E-state index contributed by atoms with van der Waals surface area (Å²) < 4.78 is 26.6. The molecule has 0 aliphatic heterocycles. The van der Waals surface area contributed by atoms with Crippen LogP contribution in [0.25, 0.3) is 0 Å². The van der Waals surface area contributed by atoms with Crippen molar-refractivity contribution in [2.75, 3.05) is 27.0 Å². The van der Waals surface area contributed by atoms with Gasteiger partial charge in [0.1, 0.15) is 6.54 Å². The molecule has 66 valence electrons. The Labute approximate surface area is 66.0 Å². The monoisotopic (exact) mass is 181 g/mol. The van der Waals surface area contributed by atoms with Gasteiger partial charge in [-0.25, -0.2) is 8.42 Å². The van der Waals surface area contributed by atoms with Crippen molar-refractivity contribution >= 4 is 16.0 Å². The number of nitrogens with zero attached hydrogens (tertiary/aromatic N) is 1. The first-order valence-electron chi connectivity index (χ1n) is 2.86. The topological polar surface area (TPSA) is 63.7 Å². The fourth-order valence-electron chi connectivity index (χ4n) is 0.364. The van der Waals surface area contributed by atoms with Crippen molar-refractivity contribution in [1.29, 1.82) is 0 Å². The summed E-state index contributed by atoms with van der Waals surface area (Å²) in [6.07, 6.45) is 1.02. The molecule has 0 bridgehead atoms. The highest BCUT2D eigenvalue weighted by Crippen LogP contribution is 1.92. The Bertz CT molecular complexity index is 233. The number of rotatable bonds is 3. The SMILES string of the molecule is COC(=O)CN(C)S(C)(=O)=O. The van der Waals surface area contributed by atoms with Crippen molar-refractivity contribution in [2.45, 2.75) is 0 Å². The smallest absolute Gasteiger partial charge is 0.320 e. The van der Waals surface area contributed by atoms with Crippen molar-refractivity contribution in [3.05, 3.63) is 0 Å². The Hall–Kier alpha value is -0.620. The maximum Gasteiger partial charge on any atom is 0.320 e. The molecule has 0 amide bonds. The van der Waals surface area contributed by atoms with Crippen LogP contribution in [0.3, 0.4) is 0 Å². The van der Waals surface area contributed by atoms with Crippen LogP contribution in [-0.2, 0) is 19.6 Å². The van der Waals surface area contributed by atoms with Gasteiger partial charge in [-0.1, -0.05) is 0 Å². The molecule has 0 aromatic carbocycles. The van der Waals surface area contributed by atoms with Crippen LogP contribution in [0.5, 0.6) is 0 Å². The van der Waals surface area contributed by atoms with E-state index < -0.39 is 16.0 Å². The number of esters is 1. The number of sulfonamides is 1. The van der Waals surface area contributed by atoms with Crippen molar-refractivity contribution < 1.29 is 17.9 Å². The molecular formula is C5H11NO4S. The van der Waals surface area contributed by atoms with Gasteiger partial charge in [-0.3, -0.25) is 4.79 Å². The van der Waals surface area contributed by atoms with E-state index in [-0.39, 0.29) is 6.54 Å². The summed E-state index contributed by atoms with van der Waals surface area (Å²) in [5.41, 5.74) is 0. The van der Waals surface area contributed by atoms with Crippen LogP contribution in [0.15, 0.2) is 0 Å². The molecule has 0 radical (unpaired) electrons. The summed E-state index contributed by atoms with van der Waals surface area (Å²) in [6.45, 7) is -0.241. The highest BCUT2D eigenvalue weighted by atomic mass is 32.2. The number of hydrogen-bond donors (Lipinski definition) is 0. The van der Waals surface area contributed by atoms with E-state index in [0.29, 0.717) is 0 Å². The Morgan fingerprint density at radius 1 is 1.55 bits per heavy atom. The molecule has 0 N–H and O–H groups in total. The van der Waals surface area contributed by atoms with E-state index >= 15 is 0 Å². The molecule has 0 aliphatic carbocycles. The zero-order valence-electron chi connectivity index (χ0n) is 6.70. The zero-order valence-corrected chi connectivity index (χ0v) is 7.51. The van der Waals surface area contributed by atoms with E-state index in [1.165, 1.54) is 14.2 Å². The molecule has 0 aromatic heterocycles. The number of ether oxygens (including phenoxy) is 1. The number of methoxy groups -OCH3 is 1. The molecule has 0 rings (SSSR count). The average molecular weight is 181 g/mol. The van der Waals surface area contributed by atoms with E-state index in [9.17, 15) is 13.2 Å². The molecule has 6 heteroatoms. The first kappa shape index (κ1) is 10.4. The van der Waals surface area contributed by atoms with Gasteiger partial charge in [0.2, 0.25) is 10.0 Å². The van der Waals surface area contributed by atoms with Gasteiger partial charge in [-0.15, -0.1) is 0 Å². The van der Waals surface area contributed by atoms with E-state index in [1.54, 1.807) is 0 Å². The second kappa shape index (κ2) is 3.68. The third-order valence-corrected chi connectivity index (χ3v) is 2.41. The lowest BCUT2D eigenvalue weighted by atomic mass is 10.7. The molecule has 0 atom stereocenters. The lowest BCUT2D eigenvalue weighted by Gasteiger charge is -2.11. The van der Waals surface area contributed by atoms with Crippen molar-refractivity contribution in [2.24, 2.45) is 0 Å². The molecule has 5 nitrogen and oxygen atoms in total. The molecule has 0 heterocycles. The van der Waals surface area contributed by atoms with Gasteiger partial charge in [-0.2, -0.15) is 4.31 Å². The highest BCUT2D eigenvalue weighted by Gasteiger charge is 2.14. The van der Waals surface area contributed by atoms with Crippen molar-refractivity contribution in [3.63, 3.8) is 0 Å². The van der Waals surface area contributed by atoms with Gasteiger partial charge in [-0.05, 0) is 0 Å². The molecule has 0 saturated heterocycles. The first-order chi connectivity index (χ1) is 4.88. The van der Waals surface area contributed by atoms with Crippen LogP contribution in [0.4, 0.5) is 0 Å². The lowest BCUT2D eigenvalue weighted by Crippen LogP contribution is -2.31. The highest BCUT2D eigenvalue weighted by molar-refractivity contribution is 7.88. The standard InChI is InChI=1S/C5H11NO4S/c1-6(11(3,8)9)4-5(7)10-2/h4H2,1-3H3. The van der Waals surface area contributed by atoms with Gasteiger partial charge < -0.3 is 4.74 Å². The van der Waals surface area contributed by atoms with Crippen LogP contribution in [0, 0.1) is 0 Å². The van der Waals surface area contributed by atoms with Crippen molar-refractivity contribution in [1.82, 2.24) is 4.31 Å². The van der Waals surface area contributed by atoms with E-state index in [2.05, 4.69) is 4.74 Å². The van der Waals surface area contributed by atoms with Crippen LogP contribution in [0.2, 0.25) is 0 Å². The molecule has 0 aromatic rings. The zero-order chi connectivity index (χ0) is 9.07. The number of hydrogen-bond acceptors (Lipinski definition) is 4. The number of carbonyl (C=O) groups is 1. The minimum absolute atomic E-state index is 0.241. The maximum absolute atomic E-state index is 10.7. The molecule has 0 unspecified atom stereocenters. The molecule has 0 saturated carbocycles. The van der Waals surface area contributed by atoms with Gasteiger partial charge >= 0.3 is 5.97 Å². The molecule has 0 aliphatic rings. The minimum Gasteiger partial charge on any atom is -0.468 e. The summed E-state index contributed by atoms with van der Waals surface area (Å²) in [5, 5.41) is 0. The minimum atomic E-state index is -3.28. The Morgan fingerprint density at radius 2 is 2.00 bits per heavy atom. The van der Waals surface area contributed by atoms with Crippen LogP contribution in [0.1, 0.15) is 0 Å².